The largest absolute Gasteiger partial charge is 0.545 e. The van der Waals surface area contributed by atoms with Crippen molar-refractivity contribution in [3.8, 4) is 17.2 Å². The smallest absolute Gasteiger partial charge is 0.229 e. The number of benzene rings is 1. The van der Waals surface area contributed by atoms with Crippen LogP contribution in [-0.2, 0) is 0 Å². The molecule has 21 heavy (non-hydrogen) atoms. The summed E-state index contributed by atoms with van der Waals surface area (Å²) < 4.78 is 18.6. The number of rotatable bonds is 7. The predicted molar refractivity (Wildman–Crippen MR) is 103 cm³/mol. The zero-order valence-electron chi connectivity index (χ0n) is 14.7. The van der Waals surface area contributed by atoms with Crippen LogP contribution in [0.15, 0.2) is 12.1 Å². The molecule has 0 saturated carbocycles. The molecule has 1 rings (SSSR count). The first-order valence-electron chi connectivity index (χ1n) is 7.89. The van der Waals surface area contributed by atoms with Gasteiger partial charge < -0.3 is 13.3 Å². The van der Waals surface area contributed by atoms with E-state index in [0.29, 0.717) is 0 Å². The van der Waals surface area contributed by atoms with Crippen LogP contribution in [0, 0.1) is 0 Å². The van der Waals surface area contributed by atoms with Gasteiger partial charge in [-0.1, -0.05) is 19.2 Å². The average Bonchev–Trinajstić information content (AvgIpc) is 2.31. The van der Waals surface area contributed by atoms with Crippen molar-refractivity contribution in [3.05, 3.63) is 12.1 Å². The molecule has 3 nitrogen and oxygen atoms in total. The Labute approximate surface area is 136 Å². The molecule has 0 saturated heterocycles. The fraction of sp³-hybridized carbons (Fsp3) is 0.571. The first-order valence-corrected chi connectivity index (χ1v) is 19.1. The quantitative estimate of drug-likeness (QED) is 0.701. The Morgan fingerprint density at radius 2 is 1.10 bits per heavy atom. The molecule has 0 heterocycles. The minimum atomic E-state index is -1.21. The Hall–Kier alpha value is -0.512. The molecular weight excluding hydrogens is 328 g/mol. The van der Waals surface area contributed by atoms with Crippen molar-refractivity contribution in [1.82, 2.24) is 0 Å². The van der Waals surface area contributed by atoms with Crippen molar-refractivity contribution < 1.29 is 13.3 Å². The molecule has 0 amide bonds. The van der Waals surface area contributed by atoms with E-state index in [1.807, 2.05) is 0 Å². The summed E-state index contributed by atoms with van der Waals surface area (Å²) in [4.78, 5) is 0. The summed E-state index contributed by atoms with van der Waals surface area (Å²) in [6.45, 7) is 17.8. The Kier molecular flexibility index (Phi) is 7.24. The molecule has 0 aliphatic carbocycles. The molecule has 0 N–H and O–H groups in total. The van der Waals surface area contributed by atoms with Crippen LogP contribution in [0.4, 0.5) is 0 Å². The monoisotopic (exact) mass is 358 g/mol. The van der Waals surface area contributed by atoms with Gasteiger partial charge in [0, 0.05) is 0 Å². The van der Waals surface area contributed by atoms with Gasteiger partial charge in [0.15, 0.2) is 5.75 Å². The second-order valence-corrected chi connectivity index (χ2v) is 16.4. The van der Waals surface area contributed by atoms with Crippen molar-refractivity contribution in [2.75, 3.05) is 0 Å². The van der Waals surface area contributed by atoms with Gasteiger partial charge in [-0.05, 0) is 50.5 Å². The van der Waals surface area contributed by atoms with Gasteiger partial charge in [-0.15, -0.1) is 0 Å². The molecule has 0 aromatic heterocycles. The SMILES string of the molecule is C[SiH](C)Oc1ccc([SiH](C)C)c(O[SiH](C)C)c1O[SiH](C)C. The average molecular weight is 359 g/mol. The third-order valence-corrected chi connectivity index (χ3v) is 6.64. The van der Waals surface area contributed by atoms with Crippen LogP contribution in [0.25, 0.3) is 0 Å². The topological polar surface area (TPSA) is 27.7 Å². The Morgan fingerprint density at radius 1 is 0.619 bits per heavy atom. The fourth-order valence-electron chi connectivity index (χ4n) is 2.07. The minimum absolute atomic E-state index is 0.887. The molecule has 120 valence electrons. The lowest BCUT2D eigenvalue weighted by Crippen LogP contribution is -2.29. The van der Waals surface area contributed by atoms with Gasteiger partial charge >= 0.3 is 0 Å². The molecule has 7 heteroatoms. The van der Waals surface area contributed by atoms with Gasteiger partial charge in [0.05, 0.1) is 8.80 Å². The van der Waals surface area contributed by atoms with E-state index in [-0.39, 0.29) is 0 Å². The van der Waals surface area contributed by atoms with Gasteiger partial charge in [0.2, 0.25) is 27.1 Å². The second-order valence-electron chi connectivity index (χ2n) is 6.47. The Bertz CT molecular complexity index is 462. The molecule has 0 spiro atoms. The summed E-state index contributed by atoms with van der Waals surface area (Å²) in [5, 5.41) is 1.36. The van der Waals surface area contributed by atoms with Crippen LogP contribution >= 0.6 is 0 Å². The fourth-order valence-corrected chi connectivity index (χ4v) is 5.51. The number of hydrogen-bond donors (Lipinski definition) is 0. The van der Waals surface area contributed by atoms with Gasteiger partial charge in [-0.3, -0.25) is 0 Å². The van der Waals surface area contributed by atoms with E-state index in [1.165, 1.54) is 5.19 Å². The summed E-state index contributed by atoms with van der Waals surface area (Å²) in [5.74, 6) is 2.77. The summed E-state index contributed by atoms with van der Waals surface area (Å²) >= 11 is 0. The van der Waals surface area contributed by atoms with E-state index in [4.69, 9.17) is 13.3 Å². The first kappa shape index (κ1) is 18.5. The van der Waals surface area contributed by atoms with Crippen LogP contribution < -0.4 is 18.5 Å². The molecule has 0 aliphatic rings. The molecule has 0 radical (unpaired) electrons. The highest BCUT2D eigenvalue weighted by molar-refractivity contribution is 6.72. The molecule has 0 atom stereocenters. The highest BCUT2D eigenvalue weighted by atomic mass is 28.3. The van der Waals surface area contributed by atoms with Crippen molar-refractivity contribution in [1.29, 1.82) is 0 Å². The molecular formula is C14H30O3Si4. The lowest BCUT2D eigenvalue weighted by Gasteiger charge is -2.25. The van der Waals surface area contributed by atoms with Crippen LogP contribution in [0.5, 0.6) is 17.2 Å². The third kappa shape index (κ3) is 5.65. The molecule has 1 aromatic rings. The van der Waals surface area contributed by atoms with Crippen LogP contribution in [0.1, 0.15) is 0 Å². The third-order valence-electron chi connectivity index (χ3n) is 2.80. The maximum atomic E-state index is 6.27. The second kappa shape index (κ2) is 8.21. The maximum absolute atomic E-state index is 6.27. The molecule has 1 aromatic carbocycles. The highest BCUT2D eigenvalue weighted by Gasteiger charge is 2.22. The van der Waals surface area contributed by atoms with E-state index in [2.05, 4.69) is 64.5 Å². The van der Waals surface area contributed by atoms with Gasteiger partial charge in [-0.25, -0.2) is 0 Å². The normalized spacial score (nSPS) is 11.6. The Balaban J connectivity index is 3.40. The standard InChI is InChI=1S/C14H30O3Si4/c1-18(2)12-10-9-11(15-19(3)4)13(16-20(5)6)14(12)17-21(7)8/h9-10,18-21H,1-8H3. The van der Waals surface area contributed by atoms with Gasteiger partial charge in [0.25, 0.3) is 0 Å². The maximum Gasteiger partial charge on any atom is 0.229 e. The molecule has 0 aliphatic heterocycles. The molecule has 0 unspecified atom stereocenters. The summed E-state index contributed by atoms with van der Waals surface area (Å²) in [6.07, 6.45) is 0. The zero-order valence-corrected chi connectivity index (χ0v) is 19.3. The van der Waals surface area contributed by atoms with E-state index >= 15 is 0 Å². The van der Waals surface area contributed by atoms with Crippen molar-refractivity contribution >= 4 is 41.1 Å². The van der Waals surface area contributed by atoms with Crippen molar-refractivity contribution in [2.24, 2.45) is 0 Å². The molecule has 0 fully saturated rings. The van der Waals surface area contributed by atoms with Crippen LogP contribution in [0.2, 0.25) is 52.4 Å². The first-order chi connectivity index (χ1) is 9.72. The summed E-state index contributed by atoms with van der Waals surface area (Å²) in [6, 6.07) is 4.29. The van der Waals surface area contributed by atoms with E-state index in [1.54, 1.807) is 0 Å². The summed E-state index contributed by atoms with van der Waals surface area (Å²) in [7, 11) is -4.53. The molecule has 0 bridgehead atoms. The van der Waals surface area contributed by atoms with Gasteiger partial charge in [0.1, 0.15) is 11.5 Å². The summed E-state index contributed by atoms with van der Waals surface area (Å²) in [5.41, 5.74) is 0. The van der Waals surface area contributed by atoms with E-state index < -0.39 is 35.9 Å². The van der Waals surface area contributed by atoms with Crippen molar-refractivity contribution in [2.45, 2.75) is 52.4 Å². The Morgan fingerprint density at radius 3 is 1.52 bits per heavy atom. The minimum Gasteiger partial charge on any atom is -0.545 e. The van der Waals surface area contributed by atoms with Crippen molar-refractivity contribution in [3.63, 3.8) is 0 Å². The lowest BCUT2D eigenvalue weighted by molar-refractivity contribution is 0.475. The van der Waals surface area contributed by atoms with Crippen LogP contribution in [-0.4, -0.2) is 35.9 Å². The zero-order chi connectivity index (χ0) is 16.2. The van der Waals surface area contributed by atoms with Crippen LogP contribution in [0.3, 0.4) is 0 Å². The van der Waals surface area contributed by atoms with E-state index in [0.717, 1.165) is 17.2 Å². The lowest BCUT2D eigenvalue weighted by atomic mass is 10.3. The highest BCUT2D eigenvalue weighted by Crippen LogP contribution is 2.37. The predicted octanol–water partition coefficient (Wildman–Crippen LogP) is 2.47. The van der Waals surface area contributed by atoms with Gasteiger partial charge in [-0.2, -0.15) is 0 Å². The number of hydrogen-bond acceptors (Lipinski definition) is 3. The van der Waals surface area contributed by atoms with E-state index in [9.17, 15) is 0 Å².